The van der Waals surface area contributed by atoms with Crippen LogP contribution in [0, 0.1) is 11.8 Å². The molecule has 0 aliphatic carbocycles. The number of carbonyl (C=O) groups is 4. The molecule has 0 rings (SSSR count). The fourth-order valence-electron chi connectivity index (χ4n) is 10.6. The number of esters is 4. The number of aliphatic hydroxyl groups excluding tert-OH is 1. The molecule has 0 aliphatic rings. The minimum absolute atomic E-state index is 0.102. The number of phosphoric acid groups is 2. The molecule has 0 fully saturated rings. The Hall–Kier alpha value is -1.94. The fourth-order valence-corrected chi connectivity index (χ4v) is 12.2. The SMILES string of the molecule is CCCCCCCCCCCCCCCC(=O)OC[C@H](COP(=O)(O)OC[C@@H](O)COP(=O)(O)OC[C@@H](COC(=O)CCCCCCCCCCC)OC(=O)CCCCCCCCC(C)C)OC(=O)CCCCCCCCCCCCCCCCCC(C)C. The second-order valence-corrected chi connectivity index (χ2v) is 29.1. The van der Waals surface area contributed by atoms with E-state index in [0.29, 0.717) is 31.6 Å². The first-order chi connectivity index (χ1) is 42.9. The minimum Gasteiger partial charge on any atom is -0.462 e. The van der Waals surface area contributed by atoms with Gasteiger partial charge in [-0.3, -0.25) is 37.3 Å². The molecular weight excluding hydrogens is 1170 g/mol. The zero-order chi connectivity index (χ0) is 65.7. The highest BCUT2D eigenvalue weighted by Crippen LogP contribution is 2.45. The van der Waals surface area contributed by atoms with E-state index in [-0.39, 0.29) is 25.7 Å². The molecule has 0 amide bonds. The number of aliphatic hydroxyl groups is 1. The van der Waals surface area contributed by atoms with Crippen molar-refractivity contribution in [1.82, 2.24) is 0 Å². The highest BCUT2D eigenvalue weighted by molar-refractivity contribution is 7.47. The molecule has 0 saturated heterocycles. The van der Waals surface area contributed by atoms with Gasteiger partial charge < -0.3 is 33.8 Å². The van der Waals surface area contributed by atoms with Crippen molar-refractivity contribution in [2.24, 2.45) is 11.8 Å². The van der Waals surface area contributed by atoms with E-state index in [9.17, 15) is 43.2 Å². The minimum atomic E-state index is -4.95. The second kappa shape index (κ2) is 62.2. The van der Waals surface area contributed by atoms with Gasteiger partial charge in [-0.05, 0) is 37.5 Å². The van der Waals surface area contributed by atoms with Crippen LogP contribution in [-0.4, -0.2) is 96.7 Å². The van der Waals surface area contributed by atoms with E-state index in [1.165, 1.54) is 173 Å². The molecule has 0 aliphatic heterocycles. The largest absolute Gasteiger partial charge is 0.472 e. The number of hydrogen-bond donors (Lipinski definition) is 3. The number of phosphoric ester groups is 2. The molecule has 0 spiro atoms. The lowest BCUT2D eigenvalue weighted by atomic mass is 10.0. The second-order valence-electron chi connectivity index (χ2n) is 26.2. The van der Waals surface area contributed by atoms with Crippen molar-refractivity contribution < 1.29 is 80.2 Å². The lowest BCUT2D eigenvalue weighted by Gasteiger charge is -2.21. The van der Waals surface area contributed by atoms with Crippen molar-refractivity contribution in [1.29, 1.82) is 0 Å². The van der Waals surface area contributed by atoms with Gasteiger partial charge in [-0.15, -0.1) is 0 Å². The molecule has 0 bridgehead atoms. The lowest BCUT2D eigenvalue weighted by molar-refractivity contribution is -0.161. The summed E-state index contributed by atoms with van der Waals surface area (Å²) in [6.45, 7) is 9.47. The summed E-state index contributed by atoms with van der Waals surface area (Å²) >= 11 is 0. The third-order valence-corrected chi connectivity index (χ3v) is 18.1. The van der Waals surface area contributed by atoms with Crippen molar-refractivity contribution in [3.63, 3.8) is 0 Å². The highest BCUT2D eigenvalue weighted by atomic mass is 31.2. The Balaban J connectivity index is 5.20. The molecule has 0 aromatic rings. The summed E-state index contributed by atoms with van der Waals surface area (Å²) in [7, 11) is -9.90. The van der Waals surface area contributed by atoms with Crippen molar-refractivity contribution in [2.45, 2.75) is 374 Å². The lowest BCUT2D eigenvalue weighted by Crippen LogP contribution is -2.30. The van der Waals surface area contributed by atoms with Crippen LogP contribution in [0.15, 0.2) is 0 Å². The van der Waals surface area contributed by atoms with Gasteiger partial charge >= 0.3 is 39.5 Å². The van der Waals surface area contributed by atoms with Crippen molar-refractivity contribution in [3.05, 3.63) is 0 Å². The summed E-state index contributed by atoms with van der Waals surface area (Å²) in [5.74, 6) is -0.656. The molecule has 5 atom stereocenters. The quantitative estimate of drug-likeness (QED) is 0.0222. The van der Waals surface area contributed by atoms with Crippen LogP contribution in [0.1, 0.15) is 356 Å². The molecule has 2 unspecified atom stereocenters. The van der Waals surface area contributed by atoms with Crippen LogP contribution in [0.4, 0.5) is 0 Å². The molecule has 0 aromatic carbocycles. The number of rotatable bonds is 69. The van der Waals surface area contributed by atoms with Gasteiger partial charge in [-0.25, -0.2) is 9.13 Å². The van der Waals surface area contributed by atoms with E-state index >= 15 is 0 Å². The molecule has 3 N–H and O–H groups in total. The summed E-state index contributed by atoms with van der Waals surface area (Å²) < 4.78 is 68.2. The molecule has 528 valence electrons. The molecule has 89 heavy (non-hydrogen) atoms. The zero-order valence-electron chi connectivity index (χ0n) is 57.7. The van der Waals surface area contributed by atoms with Gasteiger partial charge in [0.25, 0.3) is 0 Å². The summed E-state index contributed by atoms with van der Waals surface area (Å²) in [4.78, 5) is 72.4. The average molecular weight is 1310 g/mol. The first kappa shape index (κ1) is 87.1. The van der Waals surface area contributed by atoms with Crippen LogP contribution in [0.3, 0.4) is 0 Å². The van der Waals surface area contributed by atoms with E-state index in [2.05, 4.69) is 41.5 Å². The van der Waals surface area contributed by atoms with Crippen LogP contribution in [0.2, 0.25) is 0 Å². The maximum absolute atomic E-state index is 13.0. The standard InChI is InChI=1S/C70H136O17P2/c1-7-9-11-13-15-17-18-22-26-30-34-41-47-53-68(73)81-58-65(86-69(74)54-48-42-35-31-27-24-21-19-20-23-25-29-32-38-44-50-62(3)4)60-84-88(76,77)82-56-64(71)57-83-89(78,79)85-61-66(87-70(75)55-49-43-37-36-39-45-51-63(5)6)59-80-67(72)52-46-40-33-28-16-14-12-10-8-2/h62-66,71H,7-61H2,1-6H3,(H,76,77)(H,78,79)/t64-,65-,66-/m1/s1. The van der Waals surface area contributed by atoms with E-state index in [4.69, 9.17) is 37.0 Å². The van der Waals surface area contributed by atoms with Gasteiger partial charge in [0.15, 0.2) is 12.2 Å². The average Bonchev–Trinajstić information content (AvgIpc) is 3.70. The Bertz CT molecular complexity index is 1730. The van der Waals surface area contributed by atoms with Crippen LogP contribution >= 0.6 is 15.6 Å². The summed E-state index contributed by atoms with van der Waals surface area (Å²) in [5, 5.41) is 10.6. The van der Waals surface area contributed by atoms with Gasteiger partial charge in [-0.2, -0.15) is 0 Å². The van der Waals surface area contributed by atoms with Crippen LogP contribution in [0.25, 0.3) is 0 Å². The third-order valence-electron chi connectivity index (χ3n) is 16.2. The van der Waals surface area contributed by atoms with Gasteiger partial charge in [0, 0.05) is 25.7 Å². The molecule has 0 aromatic heterocycles. The number of hydrogen-bond acceptors (Lipinski definition) is 15. The van der Waals surface area contributed by atoms with Crippen LogP contribution in [-0.2, 0) is 65.4 Å². The van der Waals surface area contributed by atoms with E-state index in [1.54, 1.807) is 0 Å². The normalized spacial score (nSPS) is 14.1. The van der Waals surface area contributed by atoms with Crippen molar-refractivity contribution in [3.8, 4) is 0 Å². The maximum atomic E-state index is 13.0. The summed E-state index contributed by atoms with van der Waals surface area (Å²) in [5.41, 5.74) is 0. The predicted molar refractivity (Wildman–Crippen MR) is 358 cm³/mol. The summed E-state index contributed by atoms with van der Waals surface area (Å²) in [6.07, 6.45) is 47.4. The molecular formula is C70H136O17P2. The number of ether oxygens (including phenoxy) is 4. The van der Waals surface area contributed by atoms with Gasteiger partial charge in [0.05, 0.1) is 26.4 Å². The maximum Gasteiger partial charge on any atom is 0.472 e. The first-order valence-electron chi connectivity index (χ1n) is 36.5. The Morgan fingerprint density at radius 1 is 0.303 bits per heavy atom. The molecule has 0 heterocycles. The van der Waals surface area contributed by atoms with Crippen LogP contribution < -0.4 is 0 Å². The Morgan fingerprint density at radius 3 is 0.764 bits per heavy atom. The third kappa shape index (κ3) is 64.6. The van der Waals surface area contributed by atoms with Gasteiger partial charge in [-0.1, -0.05) is 305 Å². The first-order valence-corrected chi connectivity index (χ1v) is 39.5. The predicted octanol–water partition coefficient (Wildman–Crippen LogP) is 20.0. The summed E-state index contributed by atoms with van der Waals surface area (Å²) in [6, 6.07) is 0. The zero-order valence-corrected chi connectivity index (χ0v) is 59.5. The Morgan fingerprint density at radius 2 is 0.517 bits per heavy atom. The Labute approximate surface area is 543 Å². The topological polar surface area (TPSA) is 237 Å². The number of carbonyl (C=O) groups excluding carboxylic acids is 4. The smallest absolute Gasteiger partial charge is 0.462 e. The van der Waals surface area contributed by atoms with E-state index < -0.39 is 97.5 Å². The van der Waals surface area contributed by atoms with Crippen LogP contribution in [0.5, 0.6) is 0 Å². The monoisotopic (exact) mass is 1310 g/mol. The van der Waals surface area contributed by atoms with Crippen molar-refractivity contribution in [2.75, 3.05) is 39.6 Å². The fraction of sp³-hybridized carbons (Fsp3) is 0.943. The van der Waals surface area contributed by atoms with E-state index in [1.807, 2.05) is 0 Å². The number of unbranched alkanes of at least 4 members (excludes halogenated alkanes) is 39. The van der Waals surface area contributed by atoms with Crippen molar-refractivity contribution >= 4 is 39.5 Å². The molecule has 19 heteroatoms. The Kier molecular flexibility index (Phi) is 60.8. The van der Waals surface area contributed by atoms with E-state index in [0.717, 1.165) is 95.8 Å². The highest BCUT2D eigenvalue weighted by Gasteiger charge is 2.30. The van der Waals surface area contributed by atoms with Gasteiger partial charge in [0.2, 0.25) is 0 Å². The molecule has 0 radical (unpaired) electrons. The molecule has 17 nitrogen and oxygen atoms in total. The van der Waals surface area contributed by atoms with Gasteiger partial charge in [0.1, 0.15) is 19.3 Å². The molecule has 0 saturated carbocycles.